The summed E-state index contributed by atoms with van der Waals surface area (Å²) >= 11 is 5.90. The van der Waals surface area contributed by atoms with Crippen LogP contribution in [0.2, 0.25) is 5.02 Å². The fourth-order valence-electron chi connectivity index (χ4n) is 4.13. The lowest BCUT2D eigenvalue weighted by Crippen LogP contribution is -2.50. The Bertz CT molecular complexity index is 634. The van der Waals surface area contributed by atoms with Gasteiger partial charge in [-0.05, 0) is 62.4 Å². The SMILES string of the molecule is NCC1CCCCC1NC(=O)C1CCCN(C(=O)c2ccc(Cl)cc2)C1. The largest absolute Gasteiger partial charge is 0.353 e. The van der Waals surface area contributed by atoms with Crippen molar-refractivity contribution in [2.45, 2.75) is 44.6 Å². The lowest BCUT2D eigenvalue weighted by molar-refractivity contribution is -0.127. The van der Waals surface area contributed by atoms with Crippen molar-refractivity contribution >= 4 is 23.4 Å². The lowest BCUT2D eigenvalue weighted by Gasteiger charge is -2.35. The molecule has 26 heavy (non-hydrogen) atoms. The Morgan fingerprint density at radius 1 is 1.12 bits per heavy atom. The van der Waals surface area contributed by atoms with Gasteiger partial charge in [-0.1, -0.05) is 24.4 Å². The molecule has 3 rings (SSSR count). The molecule has 1 saturated carbocycles. The van der Waals surface area contributed by atoms with Gasteiger partial charge < -0.3 is 16.0 Å². The summed E-state index contributed by atoms with van der Waals surface area (Å²) in [5.41, 5.74) is 6.49. The number of amides is 2. The molecule has 0 radical (unpaired) electrons. The molecule has 1 saturated heterocycles. The van der Waals surface area contributed by atoms with Gasteiger partial charge in [0.25, 0.3) is 5.91 Å². The van der Waals surface area contributed by atoms with E-state index >= 15 is 0 Å². The molecule has 2 amide bonds. The molecule has 5 nitrogen and oxygen atoms in total. The minimum atomic E-state index is -0.139. The van der Waals surface area contributed by atoms with Gasteiger partial charge in [0.15, 0.2) is 0 Å². The Balaban J connectivity index is 1.59. The van der Waals surface area contributed by atoms with Crippen molar-refractivity contribution in [2.75, 3.05) is 19.6 Å². The van der Waals surface area contributed by atoms with E-state index in [-0.39, 0.29) is 23.8 Å². The van der Waals surface area contributed by atoms with E-state index in [1.165, 1.54) is 6.42 Å². The number of carbonyl (C=O) groups excluding carboxylic acids is 2. The van der Waals surface area contributed by atoms with Gasteiger partial charge in [0.2, 0.25) is 5.91 Å². The number of nitrogens with one attached hydrogen (secondary N) is 1. The van der Waals surface area contributed by atoms with Crippen molar-refractivity contribution in [3.05, 3.63) is 34.9 Å². The van der Waals surface area contributed by atoms with E-state index in [0.717, 1.165) is 32.1 Å². The fraction of sp³-hybridized carbons (Fsp3) is 0.600. The molecule has 142 valence electrons. The molecule has 1 aromatic carbocycles. The molecule has 3 atom stereocenters. The first-order valence-electron chi connectivity index (χ1n) is 9.63. The number of rotatable bonds is 4. The monoisotopic (exact) mass is 377 g/mol. The third-order valence-electron chi connectivity index (χ3n) is 5.71. The number of halogens is 1. The Hall–Kier alpha value is -1.59. The van der Waals surface area contributed by atoms with Crippen LogP contribution < -0.4 is 11.1 Å². The van der Waals surface area contributed by atoms with Crippen LogP contribution in [0.4, 0.5) is 0 Å². The van der Waals surface area contributed by atoms with Gasteiger partial charge in [-0.15, -0.1) is 0 Å². The normalized spacial score (nSPS) is 26.4. The first-order valence-corrected chi connectivity index (χ1v) is 10.0. The third-order valence-corrected chi connectivity index (χ3v) is 5.96. The molecule has 2 aliphatic rings. The van der Waals surface area contributed by atoms with Crippen molar-refractivity contribution < 1.29 is 9.59 Å². The number of likely N-dealkylation sites (tertiary alicyclic amines) is 1. The molecule has 1 aromatic rings. The standard InChI is InChI=1S/C20H28ClN3O2/c21-17-9-7-14(8-10-17)20(26)24-11-3-5-16(13-24)19(25)23-18-6-2-1-4-15(18)12-22/h7-10,15-16,18H,1-6,11-13,22H2,(H,23,25). The van der Waals surface area contributed by atoms with Crippen LogP contribution in [-0.2, 0) is 4.79 Å². The predicted octanol–water partition coefficient (Wildman–Crippen LogP) is 2.83. The summed E-state index contributed by atoms with van der Waals surface area (Å²) < 4.78 is 0. The molecule has 1 aliphatic heterocycles. The molecule has 0 aromatic heterocycles. The Morgan fingerprint density at radius 2 is 1.85 bits per heavy atom. The minimum Gasteiger partial charge on any atom is -0.353 e. The number of nitrogens with zero attached hydrogens (tertiary/aromatic N) is 1. The molecule has 0 spiro atoms. The molecular formula is C20H28ClN3O2. The van der Waals surface area contributed by atoms with Crippen molar-refractivity contribution in [3.8, 4) is 0 Å². The number of hydrogen-bond donors (Lipinski definition) is 2. The number of piperidine rings is 1. The molecule has 1 aliphatic carbocycles. The van der Waals surface area contributed by atoms with E-state index in [1.54, 1.807) is 29.2 Å². The van der Waals surface area contributed by atoms with Crippen LogP contribution in [0.25, 0.3) is 0 Å². The summed E-state index contributed by atoms with van der Waals surface area (Å²) in [4.78, 5) is 27.3. The van der Waals surface area contributed by atoms with Crippen molar-refractivity contribution in [1.29, 1.82) is 0 Å². The molecule has 6 heteroatoms. The van der Waals surface area contributed by atoms with Crippen LogP contribution in [-0.4, -0.2) is 42.4 Å². The molecular weight excluding hydrogens is 350 g/mol. The highest BCUT2D eigenvalue weighted by Gasteiger charge is 2.32. The Morgan fingerprint density at radius 3 is 2.58 bits per heavy atom. The van der Waals surface area contributed by atoms with Crippen molar-refractivity contribution in [2.24, 2.45) is 17.6 Å². The number of hydrogen-bond acceptors (Lipinski definition) is 3. The minimum absolute atomic E-state index is 0.0309. The van der Waals surface area contributed by atoms with Crippen molar-refractivity contribution in [3.63, 3.8) is 0 Å². The Labute approximate surface area is 160 Å². The van der Waals surface area contributed by atoms with Gasteiger partial charge in [0.1, 0.15) is 0 Å². The summed E-state index contributed by atoms with van der Waals surface area (Å²) in [6.45, 7) is 1.80. The van der Waals surface area contributed by atoms with E-state index in [9.17, 15) is 9.59 Å². The summed E-state index contributed by atoms with van der Waals surface area (Å²) in [6.07, 6.45) is 6.12. The van der Waals surface area contributed by atoms with Crippen LogP contribution in [0.15, 0.2) is 24.3 Å². The predicted molar refractivity (Wildman–Crippen MR) is 103 cm³/mol. The molecule has 3 unspecified atom stereocenters. The van der Waals surface area contributed by atoms with E-state index in [4.69, 9.17) is 17.3 Å². The highest BCUT2D eigenvalue weighted by atomic mass is 35.5. The zero-order valence-electron chi connectivity index (χ0n) is 15.1. The van der Waals surface area contributed by atoms with Gasteiger partial charge in [0.05, 0.1) is 5.92 Å². The van der Waals surface area contributed by atoms with E-state index in [1.807, 2.05) is 0 Å². The fourth-order valence-corrected chi connectivity index (χ4v) is 4.26. The Kier molecular flexibility index (Phi) is 6.54. The average Bonchev–Trinajstić information content (AvgIpc) is 2.68. The van der Waals surface area contributed by atoms with E-state index < -0.39 is 0 Å². The first kappa shape index (κ1) is 19.2. The highest BCUT2D eigenvalue weighted by molar-refractivity contribution is 6.30. The van der Waals surface area contributed by atoms with Gasteiger partial charge in [-0.25, -0.2) is 0 Å². The first-order chi connectivity index (χ1) is 12.6. The average molecular weight is 378 g/mol. The van der Waals surface area contributed by atoms with Gasteiger partial charge in [0, 0.05) is 29.7 Å². The zero-order valence-corrected chi connectivity index (χ0v) is 15.9. The maximum Gasteiger partial charge on any atom is 0.253 e. The zero-order chi connectivity index (χ0) is 18.5. The van der Waals surface area contributed by atoms with E-state index in [0.29, 0.717) is 36.1 Å². The highest BCUT2D eigenvalue weighted by Crippen LogP contribution is 2.25. The second-order valence-electron chi connectivity index (χ2n) is 7.49. The molecule has 2 fully saturated rings. The van der Waals surface area contributed by atoms with Gasteiger partial charge in [-0.3, -0.25) is 9.59 Å². The lowest BCUT2D eigenvalue weighted by atomic mass is 9.84. The van der Waals surface area contributed by atoms with Crippen molar-refractivity contribution in [1.82, 2.24) is 10.2 Å². The third kappa shape index (κ3) is 4.57. The number of benzene rings is 1. The topological polar surface area (TPSA) is 75.4 Å². The summed E-state index contributed by atoms with van der Waals surface area (Å²) in [6, 6.07) is 7.10. The van der Waals surface area contributed by atoms with Gasteiger partial charge in [-0.2, -0.15) is 0 Å². The molecule has 0 bridgehead atoms. The summed E-state index contributed by atoms with van der Waals surface area (Å²) in [5, 5.41) is 3.83. The second-order valence-corrected chi connectivity index (χ2v) is 7.93. The smallest absolute Gasteiger partial charge is 0.253 e. The summed E-state index contributed by atoms with van der Waals surface area (Å²) in [7, 11) is 0. The molecule has 3 N–H and O–H groups in total. The van der Waals surface area contributed by atoms with E-state index in [2.05, 4.69) is 5.32 Å². The maximum absolute atomic E-state index is 12.8. The van der Waals surface area contributed by atoms with Crippen LogP contribution >= 0.6 is 11.6 Å². The quantitative estimate of drug-likeness (QED) is 0.847. The van der Waals surface area contributed by atoms with Gasteiger partial charge >= 0.3 is 0 Å². The molecule has 1 heterocycles. The van der Waals surface area contributed by atoms with Crippen LogP contribution in [0.5, 0.6) is 0 Å². The summed E-state index contributed by atoms with van der Waals surface area (Å²) in [5.74, 6) is 0.282. The number of carbonyl (C=O) groups is 2. The maximum atomic E-state index is 12.8. The van der Waals surface area contributed by atoms with Crippen LogP contribution in [0.1, 0.15) is 48.9 Å². The second kappa shape index (κ2) is 8.87. The van der Waals surface area contributed by atoms with Crippen LogP contribution in [0.3, 0.4) is 0 Å². The van der Waals surface area contributed by atoms with Crippen LogP contribution in [0, 0.1) is 11.8 Å². The number of nitrogens with two attached hydrogens (primary N) is 1.